The SMILES string of the molecule is CCCCCC=CCC=CCCCCCCCCCCOCC(CN1CCCC1C)OCCCOCCCOC1CCC(C)(CCC[C@@]2(C)[C@H](CCC)CC[C@@H]2[C@H](C)CCCC(C)C)CC1. The third kappa shape index (κ3) is 25.9. The molecule has 388 valence electrons. The minimum absolute atomic E-state index is 0.150. The van der Waals surface area contributed by atoms with Crippen molar-refractivity contribution in [1.29, 1.82) is 0 Å². The highest BCUT2D eigenvalue weighted by atomic mass is 16.5. The van der Waals surface area contributed by atoms with E-state index in [4.69, 9.17) is 18.9 Å². The Bertz CT molecular complexity index is 1180. The van der Waals surface area contributed by atoms with Crippen LogP contribution in [-0.2, 0) is 18.9 Å². The molecule has 2 unspecified atom stereocenters. The number of unbranched alkanes of at least 4 members (excludes halogenated alkanes) is 11. The van der Waals surface area contributed by atoms with Crippen LogP contribution in [0.25, 0.3) is 0 Å². The van der Waals surface area contributed by atoms with Crippen LogP contribution in [0, 0.1) is 34.5 Å². The predicted molar refractivity (Wildman–Crippen MR) is 287 cm³/mol. The molecule has 3 rings (SSSR count). The van der Waals surface area contributed by atoms with E-state index >= 15 is 0 Å². The first kappa shape index (κ1) is 59.6. The Morgan fingerprint density at radius 3 is 1.95 bits per heavy atom. The average molecular weight is 927 g/mol. The summed E-state index contributed by atoms with van der Waals surface area (Å²) in [7, 11) is 0. The summed E-state index contributed by atoms with van der Waals surface area (Å²) >= 11 is 0. The van der Waals surface area contributed by atoms with Gasteiger partial charge in [0.05, 0.1) is 18.8 Å². The van der Waals surface area contributed by atoms with Gasteiger partial charge >= 0.3 is 0 Å². The largest absolute Gasteiger partial charge is 0.381 e. The Hall–Kier alpha value is -0.720. The molecule has 1 heterocycles. The van der Waals surface area contributed by atoms with Gasteiger partial charge in [-0.1, -0.05) is 163 Å². The molecule has 1 saturated heterocycles. The van der Waals surface area contributed by atoms with Gasteiger partial charge in [-0.05, 0) is 164 Å². The fourth-order valence-electron chi connectivity index (χ4n) is 12.5. The molecule has 0 aromatic rings. The Morgan fingerprint density at radius 1 is 0.621 bits per heavy atom. The van der Waals surface area contributed by atoms with E-state index in [-0.39, 0.29) is 6.10 Å². The quantitative estimate of drug-likeness (QED) is 0.0451. The van der Waals surface area contributed by atoms with Crippen molar-refractivity contribution in [2.45, 2.75) is 279 Å². The van der Waals surface area contributed by atoms with Crippen molar-refractivity contribution in [3.63, 3.8) is 0 Å². The molecule has 66 heavy (non-hydrogen) atoms. The van der Waals surface area contributed by atoms with Crippen LogP contribution in [-0.4, -0.2) is 75.9 Å². The van der Waals surface area contributed by atoms with Crippen molar-refractivity contribution < 1.29 is 18.9 Å². The van der Waals surface area contributed by atoms with E-state index in [0.29, 0.717) is 29.6 Å². The zero-order chi connectivity index (χ0) is 47.6. The van der Waals surface area contributed by atoms with Gasteiger partial charge in [-0.2, -0.15) is 0 Å². The van der Waals surface area contributed by atoms with E-state index in [1.54, 1.807) is 0 Å². The van der Waals surface area contributed by atoms with Gasteiger partial charge in [0.15, 0.2) is 0 Å². The number of hydrogen-bond acceptors (Lipinski definition) is 5. The van der Waals surface area contributed by atoms with E-state index in [2.05, 4.69) is 84.6 Å². The van der Waals surface area contributed by atoms with Gasteiger partial charge in [0.2, 0.25) is 0 Å². The predicted octanol–water partition coefficient (Wildman–Crippen LogP) is 17.7. The summed E-state index contributed by atoms with van der Waals surface area (Å²) in [6.07, 6.45) is 52.2. The number of nitrogens with zero attached hydrogens (tertiary/aromatic N) is 1. The van der Waals surface area contributed by atoms with Crippen molar-refractivity contribution in [2.75, 3.05) is 52.7 Å². The third-order valence-electron chi connectivity index (χ3n) is 17.0. The van der Waals surface area contributed by atoms with Crippen molar-refractivity contribution in [2.24, 2.45) is 34.5 Å². The molecule has 5 heteroatoms. The Kier molecular flexibility index (Phi) is 33.5. The van der Waals surface area contributed by atoms with E-state index < -0.39 is 0 Å². The topological polar surface area (TPSA) is 40.2 Å². The Morgan fingerprint density at radius 2 is 1.29 bits per heavy atom. The average Bonchev–Trinajstić information content (AvgIpc) is 3.85. The molecule has 2 aliphatic carbocycles. The summed E-state index contributed by atoms with van der Waals surface area (Å²) in [5.74, 6) is 3.59. The first-order valence-corrected chi connectivity index (χ1v) is 29.5. The third-order valence-corrected chi connectivity index (χ3v) is 17.0. The highest BCUT2D eigenvalue weighted by Crippen LogP contribution is 2.56. The molecule has 0 aromatic heterocycles. The van der Waals surface area contributed by atoms with Gasteiger partial charge in [0, 0.05) is 45.6 Å². The normalized spacial score (nSPS) is 26.2. The maximum absolute atomic E-state index is 6.44. The molecule has 0 radical (unpaired) electrons. The summed E-state index contributed by atoms with van der Waals surface area (Å²) in [4.78, 5) is 2.60. The van der Waals surface area contributed by atoms with Crippen molar-refractivity contribution >= 4 is 0 Å². The molecule has 3 aliphatic rings. The maximum atomic E-state index is 6.44. The lowest BCUT2D eigenvalue weighted by molar-refractivity contribution is -0.0409. The lowest BCUT2D eigenvalue weighted by atomic mass is 9.63. The second kappa shape index (κ2) is 37.1. The van der Waals surface area contributed by atoms with E-state index in [0.717, 1.165) is 82.5 Å². The van der Waals surface area contributed by atoms with Gasteiger partial charge in [-0.3, -0.25) is 4.90 Å². The second-order valence-corrected chi connectivity index (χ2v) is 23.4. The fourth-order valence-corrected chi connectivity index (χ4v) is 12.5. The second-order valence-electron chi connectivity index (χ2n) is 23.4. The number of hydrogen-bond donors (Lipinski definition) is 0. The number of allylic oxidation sites excluding steroid dienone is 4. The van der Waals surface area contributed by atoms with Gasteiger partial charge in [0.25, 0.3) is 0 Å². The van der Waals surface area contributed by atoms with Crippen molar-refractivity contribution in [3.8, 4) is 0 Å². The molecule has 1 aliphatic heterocycles. The molecular formula is C61H115NO4. The molecule has 2 saturated carbocycles. The summed E-state index contributed by atoms with van der Waals surface area (Å²) in [5.41, 5.74) is 1.05. The first-order valence-electron chi connectivity index (χ1n) is 29.5. The molecule has 0 bridgehead atoms. The summed E-state index contributed by atoms with van der Waals surface area (Å²) < 4.78 is 25.1. The van der Waals surface area contributed by atoms with Gasteiger partial charge in [0.1, 0.15) is 0 Å². The fraction of sp³-hybridized carbons (Fsp3) is 0.934. The van der Waals surface area contributed by atoms with Gasteiger partial charge < -0.3 is 18.9 Å². The smallest absolute Gasteiger partial charge is 0.0935 e. The van der Waals surface area contributed by atoms with E-state index in [1.807, 2.05) is 0 Å². The van der Waals surface area contributed by atoms with Crippen LogP contribution in [0.2, 0.25) is 0 Å². The molecule has 6 atom stereocenters. The van der Waals surface area contributed by atoms with Crippen LogP contribution in [0.15, 0.2) is 24.3 Å². The molecular weight excluding hydrogens is 811 g/mol. The van der Waals surface area contributed by atoms with Crippen molar-refractivity contribution in [1.82, 2.24) is 4.90 Å². The highest BCUT2D eigenvalue weighted by Gasteiger charge is 2.47. The molecule has 5 nitrogen and oxygen atoms in total. The van der Waals surface area contributed by atoms with Crippen LogP contribution in [0.3, 0.4) is 0 Å². The van der Waals surface area contributed by atoms with Crippen LogP contribution in [0.1, 0.15) is 261 Å². The molecule has 0 amide bonds. The zero-order valence-electron chi connectivity index (χ0n) is 45.7. The molecule has 0 spiro atoms. The maximum Gasteiger partial charge on any atom is 0.0935 e. The summed E-state index contributed by atoms with van der Waals surface area (Å²) in [6, 6.07) is 0.656. The molecule has 0 aromatic carbocycles. The Labute approximate surface area is 412 Å². The highest BCUT2D eigenvalue weighted by molar-refractivity contribution is 4.97. The van der Waals surface area contributed by atoms with Gasteiger partial charge in [-0.25, -0.2) is 0 Å². The summed E-state index contributed by atoms with van der Waals surface area (Å²) in [5, 5.41) is 0. The van der Waals surface area contributed by atoms with E-state index in [1.165, 1.54) is 193 Å². The number of likely N-dealkylation sites (tertiary alicyclic amines) is 1. The van der Waals surface area contributed by atoms with Gasteiger partial charge in [-0.15, -0.1) is 0 Å². The molecule has 0 N–H and O–H groups in total. The minimum atomic E-state index is 0.150. The van der Waals surface area contributed by atoms with Crippen LogP contribution < -0.4 is 0 Å². The van der Waals surface area contributed by atoms with Crippen LogP contribution in [0.5, 0.6) is 0 Å². The zero-order valence-corrected chi connectivity index (χ0v) is 45.7. The van der Waals surface area contributed by atoms with Crippen LogP contribution in [0.4, 0.5) is 0 Å². The Balaban J connectivity index is 1.18. The lowest BCUT2D eigenvalue weighted by Crippen LogP contribution is -2.38. The summed E-state index contributed by atoms with van der Waals surface area (Å²) in [6.45, 7) is 26.6. The monoisotopic (exact) mass is 926 g/mol. The minimum Gasteiger partial charge on any atom is -0.381 e. The number of rotatable bonds is 42. The molecule has 3 fully saturated rings. The number of ether oxygens (including phenoxy) is 4. The first-order chi connectivity index (χ1) is 32.1. The van der Waals surface area contributed by atoms with Crippen LogP contribution >= 0.6 is 0 Å². The van der Waals surface area contributed by atoms with E-state index in [9.17, 15) is 0 Å². The van der Waals surface area contributed by atoms with Crippen molar-refractivity contribution in [3.05, 3.63) is 24.3 Å². The standard InChI is InChI=1S/C61H115NO4/c1-9-11-12-13-14-15-16-17-18-19-20-21-22-23-24-25-26-27-46-64-52-58(51-62-45-29-36-55(62)6)66-50-32-48-63-47-31-49-65-57-39-43-60(7,44-40-57)41-30-42-61(8)56(33-10-2)37-38-59(61)54(5)35-28-34-53(3)4/h14-15,17-18,53-59H,9-13,16,19-52H2,1-8H3/t54-,55?,56-,57?,58?,59-,60?,61+/m1/s1. The lowest BCUT2D eigenvalue weighted by Gasteiger charge is -2.42.